The first-order valence-electron chi connectivity index (χ1n) is 7.25. The molecule has 0 saturated carbocycles. The molecular formula is C14H27N5. The van der Waals surface area contributed by atoms with Crippen molar-refractivity contribution < 1.29 is 0 Å². The second kappa shape index (κ2) is 8.69. The minimum Gasteiger partial charge on any atom is -0.373 e. The Morgan fingerprint density at radius 1 is 1.11 bits per heavy atom. The van der Waals surface area contributed by atoms with Gasteiger partial charge in [-0.25, -0.2) is 9.97 Å². The van der Waals surface area contributed by atoms with Crippen LogP contribution in [0.15, 0.2) is 6.07 Å². The number of aromatic nitrogens is 2. The summed E-state index contributed by atoms with van der Waals surface area (Å²) < 4.78 is 0. The average molecular weight is 265 g/mol. The van der Waals surface area contributed by atoms with E-state index in [4.69, 9.17) is 0 Å². The van der Waals surface area contributed by atoms with E-state index in [2.05, 4.69) is 46.3 Å². The van der Waals surface area contributed by atoms with Crippen molar-refractivity contribution in [2.24, 2.45) is 0 Å². The Morgan fingerprint density at radius 3 is 2.42 bits per heavy atom. The second-order valence-electron chi connectivity index (χ2n) is 4.52. The highest BCUT2D eigenvalue weighted by Gasteiger charge is 2.03. The van der Waals surface area contributed by atoms with E-state index in [1.54, 1.807) is 0 Å². The fourth-order valence-electron chi connectivity index (χ4n) is 1.96. The van der Waals surface area contributed by atoms with Gasteiger partial charge >= 0.3 is 0 Å². The average Bonchev–Trinajstić information content (AvgIpc) is 2.45. The SMILES string of the molecule is CCCN(CC)CCNc1cc(NC)nc(CC)n1. The number of hydrogen-bond acceptors (Lipinski definition) is 5. The second-order valence-corrected chi connectivity index (χ2v) is 4.52. The number of rotatable bonds is 9. The van der Waals surface area contributed by atoms with Gasteiger partial charge < -0.3 is 15.5 Å². The van der Waals surface area contributed by atoms with Gasteiger partial charge in [-0.05, 0) is 19.5 Å². The van der Waals surface area contributed by atoms with Gasteiger partial charge in [0.1, 0.15) is 17.5 Å². The predicted molar refractivity (Wildman–Crippen MR) is 81.9 cm³/mol. The molecule has 1 aromatic rings. The van der Waals surface area contributed by atoms with Gasteiger partial charge in [-0.1, -0.05) is 20.8 Å². The highest BCUT2D eigenvalue weighted by molar-refractivity contribution is 5.47. The molecule has 0 spiro atoms. The summed E-state index contributed by atoms with van der Waals surface area (Å²) in [5.41, 5.74) is 0. The maximum atomic E-state index is 4.49. The lowest BCUT2D eigenvalue weighted by Crippen LogP contribution is -2.29. The van der Waals surface area contributed by atoms with Gasteiger partial charge in [-0.3, -0.25) is 0 Å². The van der Waals surface area contributed by atoms with Gasteiger partial charge in [0.2, 0.25) is 0 Å². The summed E-state index contributed by atoms with van der Waals surface area (Å²) in [6, 6.07) is 1.95. The van der Waals surface area contributed by atoms with E-state index in [1.165, 1.54) is 6.42 Å². The van der Waals surface area contributed by atoms with Crippen molar-refractivity contribution in [1.29, 1.82) is 0 Å². The molecule has 0 aliphatic carbocycles. The highest BCUT2D eigenvalue weighted by Crippen LogP contribution is 2.10. The zero-order chi connectivity index (χ0) is 14.1. The van der Waals surface area contributed by atoms with E-state index in [0.717, 1.165) is 50.1 Å². The Hall–Kier alpha value is -1.36. The van der Waals surface area contributed by atoms with Gasteiger partial charge in [0, 0.05) is 32.6 Å². The largest absolute Gasteiger partial charge is 0.373 e. The fraction of sp³-hybridized carbons (Fsp3) is 0.714. The lowest BCUT2D eigenvalue weighted by molar-refractivity contribution is 0.300. The number of aryl methyl sites for hydroxylation is 1. The van der Waals surface area contributed by atoms with E-state index >= 15 is 0 Å². The van der Waals surface area contributed by atoms with Crippen molar-refractivity contribution in [1.82, 2.24) is 14.9 Å². The molecule has 0 unspecified atom stereocenters. The normalized spacial score (nSPS) is 10.8. The molecule has 108 valence electrons. The van der Waals surface area contributed by atoms with Crippen LogP contribution in [0.2, 0.25) is 0 Å². The van der Waals surface area contributed by atoms with Crippen LogP contribution in [0.3, 0.4) is 0 Å². The van der Waals surface area contributed by atoms with E-state index in [9.17, 15) is 0 Å². The number of nitrogens with zero attached hydrogens (tertiary/aromatic N) is 3. The Kier molecular flexibility index (Phi) is 7.18. The molecule has 0 radical (unpaired) electrons. The molecule has 0 amide bonds. The molecule has 0 aliphatic heterocycles. The Labute approximate surface area is 116 Å². The number of likely N-dealkylation sites (N-methyl/N-ethyl adjacent to an activating group) is 1. The van der Waals surface area contributed by atoms with Crippen LogP contribution in [-0.4, -0.2) is 48.1 Å². The maximum Gasteiger partial charge on any atom is 0.132 e. The van der Waals surface area contributed by atoms with Crippen LogP contribution in [-0.2, 0) is 6.42 Å². The topological polar surface area (TPSA) is 53.1 Å². The summed E-state index contributed by atoms with van der Waals surface area (Å²) >= 11 is 0. The van der Waals surface area contributed by atoms with Crippen LogP contribution in [0.25, 0.3) is 0 Å². The monoisotopic (exact) mass is 265 g/mol. The minimum absolute atomic E-state index is 0.848. The first-order chi connectivity index (χ1) is 9.23. The molecule has 1 heterocycles. The smallest absolute Gasteiger partial charge is 0.132 e. The van der Waals surface area contributed by atoms with Gasteiger partial charge in [0.15, 0.2) is 0 Å². The molecule has 0 aromatic carbocycles. The first kappa shape index (κ1) is 15.7. The molecule has 1 aromatic heterocycles. The number of hydrogen-bond donors (Lipinski definition) is 2. The van der Waals surface area contributed by atoms with Crippen molar-refractivity contribution in [3.05, 3.63) is 11.9 Å². The molecule has 19 heavy (non-hydrogen) atoms. The van der Waals surface area contributed by atoms with E-state index in [1.807, 2.05) is 13.1 Å². The maximum absolute atomic E-state index is 4.49. The van der Waals surface area contributed by atoms with Crippen LogP contribution >= 0.6 is 0 Å². The van der Waals surface area contributed by atoms with Gasteiger partial charge in [-0.15, -0.1) is 0 Å². The van der Waals surface area contributed by atoms with Gasteiger partial charge in [0.25, 0.3) is 0 Å². The number of anilines is 2. The molecule has 5 nitrogen and oxygen atoms in total. The summed E-state index contributed by atoms with van der Waals surface area (Å²) in [5, 5.41) is 6.46. The zero-order valence-electron chi connectivity index (χ0n) is 12.7. The van der Waals surface area contributed by atoms with Crippen molar-refractivity contribution in [3.8, 4) is 0 Å². The zero-order valence-corrected chi connectivity index (χ0v) is 12.7. The molecule has 0 bridgehead atoms. The third kappa shape index (κ3) is 5.42. The molecule has 0 aliphatic rings. The minimum atomic E-state index is 0.848. The van der Waals surface area contributed by atoms with Crippen LogP contribution < -0.4 is 10.6 Å². The molecule has 2 N–H and O–H groups in total. The van der Waals surface area contributed by atoms with Crippen molar-refractivity contribution >= 4 is 11.6 Å². The Balaban J connectivity index is 2.52. The lowest BCUT2D eigenvalue weighted by atomic mass is 10.4. The molecular weight excluding hydrogens is 238 g/mol. The van der Waals surface area contributed by atoms with Crippen LogP contribution in [0.4, 0.5) is 11.6 Å². The highest BCUT2D eigenvalue weighted by atomic mass is 15.1. The molecule has 5 heteroatoms. The predicted octanol–water partition coefficient (Wildman–Crippen LogP) is 2.22. The standard InChI is InChI=1S/C14H27N5/c1-5-9-19(7-3)10-8-16-14-11-13(15-4)17-12(6-2)18-14/h11H,5-10H2,1-4H3,(H2,15,16,17,18). The quantitative estimate of drug-likeness (QED) is 0.717. The molecule has 0 saturated heterocycles. The van der Waals surface area contributed by atoms with Gasteiger partial charge in [-0.2, -0.15) is 0 Å². The van der Waals surface area contributed by atoms with Crippen LogP contribution in [0, 0.1) is 0 Å². The van der Waals surface area contributed by atoms with E-state index in [-0.39, 0.29) is 0 Å². The molecule has 0 fully saturated rings. The molecule has 1 rings (SSSR count). The Bertz CT molecular complexity index is 345. The molecule has 0 atom stereocenters. The fourth-order valence-corrected chi connectivity index (χ4v) is 1.96. The van der Waals surface area contributed by atoms with Gasteiger partial charge in [0.05, 0.1) is 0 Å². The Morgan fingerprint density at radius 2 is 1.84 bits per heavy atom. The van der Waals surface area contributed by atoms with Crippen LogP contribution in [0.5, 0.6) is 0 Å². The summed E-state index contributed by atoms with van der Waals surface area (Å²) in [6.45, 7) is 10.7. The third-order valence-corrected chi connectivity index (χ3v) is 3.07. The van der Waals surface area contributed by atoms with Crippen molar-refractivity contribution in [3.63, 3.8) is 0 Å². The lowest BCUT2D eigenvalue weighted by Gasteiger charge is -2.19. The summed E-state index contributed by atoms with van der Waals surface area (Å²) in [4.78, 5) is 11.3. The van der Waals surface area contributed by atoms with Crippen molar-refractivity contribution in [2.45, 2.75) is 33.6 Å². The number of nitrogens with one attached hydrogen (secondary N) is 2. The van der Waals surface area contributed by atoms with E-state index < -0.39 is 0 Å². The van der Waals surface area contributed by atoms with E-state index in [0.29, 0.717) is 0 Å². The van der Waals surface area contributed by atoms with Crippen LogP contribution in [0.1, 0.15) is 33.0 Å². The summed E-state index contributed by atoms with van der Waals surface area (Å²) in [6.07, 6.45) is 2.05. The summed E-state index contributed by atoms with van der Waals surface area (Å²) in [7, 11) is 1.88. The summed E-state index contributed by atoms with van der Waals surface area (Å²) in [5.74, 6) is 2.65. The third-order valence-electron chi connectivity index (χ3n) is 3.07. The first-order valence-corrected chi connectivity index (χ1v) is 7.25. The van der Waals surface area contributed by atoms with Crippen molar-refractivity contribution in [2.75, 3.05) is 43.9 Å².